The molecule has 0 fully saturated rings. The molecule has 2 aromatic heterocycles. The highest BCUT2D eigenvalue weighted by Gasteiger charge is 2.22. The van der Waals surface area contributed by atoms with Crippen LogP contribution >= 0.6 is 11.3 Å². The van der Waals surface area contributed by atoms with E-state index in [1.807, 2.05) is 29.0 Å². The van der Waals surface area contributed by atoms with Crippen molar-refractivity contribution in [1.82, 2.24) is 3.97 Å². The Morgan fingerprint density at radius 1 is 1.00 bits per heavy atom. The monoisotopic (exact) mass is 384 g/mol. The minimum atomic E-state index is -3.88. The first-order chi connectivity index (χ1) is 12.5. The molecule has 2 aromatic carbocycles. The topological polar surface area (TPSA) is 82.2 Å². The van der Waals surface area contributed by atoms with Crippen LogP contribution in [0.25, 0.3) is 22.0 Å². The number of benzene rings is 2. The summed E-state index contributed by atoms with van der Waals surface area (Å²) >= 11 is 1.54. The van der Waals surface area contributed by atoms with Crippen molar-refractivity contribution >= 4 is 38.0 Å². The molecule has 0 aliphatic rings. The fourth-order valence-corrected chi connectivity index (χ4v) is 4.88. The van der Waals surface area contributed by atoms with Crippen LogP contribution in [0.4, 0.5) is 5.69 Å². The van der Waals surface area contributed by atoms with Crippen LogP contribution < -0.4 is 0 Å². The minimum absolute atomic E-state index is 0.000668. The maximum atomic E-state index is 13.1. The molecule has 0 aliphatic carbocycles. The highest BCUT2D eigenvalue weighted by atomic mass is 32.2. The van der Waals surface area contributed by atoms with Gasteiger partial charge in [0.2, 0.25) is 0 Å². The second kappa shape index (κ2) is 6.08. The van der Waals surface area contributed by atoms with Crippen molar-refractivity contribution in [3.05, 3.63) is 81.7 Å². The van der Waals surface area contributed by atoms with Crippen LogP contribution in [0, 0.1) is 10.1 Å². The summed E-state index contributed by atoms with van der Waals surface area (Å²) in [7, 11) is -3.88. The van der Waals surface area contributed by atoms with E-state index in [0.29, 0.717) is 5.52 Å². The van der Waals surface area contributed by atoms with Gasteiger partial charge in [-0.15, -0.1) is 0 Å². The van der Waals surface area contributed by atoms with E-state index in [1.165, 1.54) is 39.6 Å². The number of nitro benzene ring substituents is 1. The molecule has 0 atom stereocenters. The number of hydrogen-bond donors (Lipinski definition) is 0. The zero-order valence-electron chi connectivity index (χ0n) is 13.3. The summed E-state index contributed by atoms with van der Waals surface area (Å²) in [5, 5.41) is 15.5. The van der Waals surface area contributed by atoms with E-state index in [1.54, 1.807) is 18.3 Å². The molecular weight excluding hydrogens is 372 g/mol. The van der Waals surface area contributed by atoms with Crippen LogP contribution in [-0.4, -0.2) is 17.3 Å². The Bertz CT molecular complexity index is 1210. The first kappa shape index (κ1) is 16.5. The van der Waals surface area contributed by atoms with Crippen LogP contribution in [0.5, 0.6) is 0 Å². The predicted octanol–water partition coefficient (Wildman–Crippen LogP) is 4.52. The van der Waals surface area contributed by atoms with Crippen molar-refractivity contribution < 1.29 is 13.3 Å². The van der Waals surface area contributed by atoms with Gasteiger partial charge in [-0.2, -0.15) is 11.3 Å². The molecule has 8 heteroatoms. The summed E-state index contributed by atoms with van der Waals surface area (Å²) in [4.78, 5) is 10.2. The fourth-order valence-electron chi connectivity index (χ4n) is 2.85. The number of fused-ring (bicyclic) bond motifs is 1. The second-order valence-electron chi connectivity index (χ2n) is 5.62. The molecule has 130 valence electrons. The molecule has 0 unspecified atom stereocenters. The van der Waals surface area contributed by atoms with Crippen molar-refractivity contribution in [2.24, 2.45) is 0 Å². The van der Waals surface area contributed by atoms with E-state index in [-0.39, 0.29) is 10.6 Å². The first-order valence-corrected chi connectivity index (χ1v) is 9.99. The molecule has 0 aliphatic heterocycles. The first-order valence-electron chi connectivity index (χ1n) is 7.61. The van der Waals surface area contributed by atoms with Gasteiger partial charge >= 0.3 is 0 Å². The Hall–Kier alpha value is -2.97. The van der Waals surface area contributed by atoms with Gasteiger partial charge in [0.25, 0.3) is 15.7 Å². The highest BCUT2D eigenvalue weighted by Crippen LogP contribution is 2.34. The fraction of sp³-hybridized carbons (Fsp3) is 0. The molecule has 26 heavy (non-hydrogen) atoms. The summed E-state index contributed by atoms with van der Waals surface area (Å²) in [6.07, 6.45) is 1.60. The number of nitrogens with zero attached hydrogens (tertiary/aromatic N) is 2. The highest BCUT2D eigenvalue weighted by molar-refractivity contribution is 7.90. The standard InChI is InChI=1S/C18H12N2O4S2/c21-20(22)14-5-7-15(8-6-14)26(23,24)19-11-17(13-9-10-25-12-13)16-3-1-2-4-18(16)19/h1-12H. The maximum Gasteiger partial charge on any atom is 0.269 e. The molecule has 2 heterocycles. The summed E-state index contributed by atoms with van der Waals surface area (Å²) in [6, 6.07) is 14.1. The number of nitro groups is 1. The van der Waals surface area contributed by atoms with Gasteiger partial charge in [-0.05, 0) is 40.6 Å². The third-order valence-electron chi connectivity index (χ3n) is 4.11. The lowest BCUT2D eigenvalue weighted by Gasteiger charge is -2.07. The zero-order valence-corrected chi connectivity index (χ0v) is 14.9. The van der Waals surface area contributed by atoms with E-state index in [0.717, 1.165) is 16.5 Å². The molecule has 0 N–H and O–H groups in total. The molecule has 4 rings (SSSR count). The average Bonchev–Trinajstić information content (AvgIpc) is 3.29. The van der Waals surface area contributed by atoms with Crippen LogP contribution in [0.2, 0.25) is 0 Å². The van der Waals surface area contributed by atoms with Gasteiger partial charge in [0.05, 0.1) is 15.3 Å². The van der Waals surface area contributed by atoms with E-state index >= 15 is 0 Å². The number of aromatic nitrogens is 1. The molecule has 6 nitrogen and oxygen atoms in total. The van der Waals surface area contributed by atoms with Gasteiger partial charge in [-0.25, -0.2) is 12.4 Å². The number of thiophene rings is 1. The number of para-hydroxylation sites is 1. The van der Waals surface area contributed by atoms with Gasteiger partial charge in [0.1, 0.15) is 0 Å². The number of non-ortho nitro benzene ring substituents is 1. The SMILES string of the molecule is O=[N+]([O-])c1ccc(S(=O)(=O)n2cc(-c3ccsc3)c3ccccc32)cc1. The number of hydrogen-bond acceptors (Lipinski definition) is 5. The minimum Gasteiger partial charge on any atom is -0.258 e. The lowest BCUT2D eigenvalue weighted by atomic mass is 10.1. The van der Waals surface area contributed by atoms with Crippen LogP contribution in [0.15, 0.2) is 76.4 Å². The van der Waals surface area contributed by atoms with Crippen molar-refractivity contribution in [2.45, 2.75) is 4.90 Å². The van der Waals surface area contributed by atoms with E-state index in [2.05, 4.69) is 0 Å². The summed E-state index contributed by atoms with van der Waals surface area (Å²) < 4.78 is 27.4. The zero-order chi connectivity index (χ0) is 18.3. The lowest BCUT2D eigenvalue weighted by Crippen LogP contribution is -2.11. The average molecular weight is 384 g/mol. The van der Waals surface area contributed by atoms with Gasteiger partial charge in [0, 0.05) is 29.3 Å². The van der Waals surface area contributed by atoms with E-state index in [4.69, 9.17) is 0 Å². The van der Waals surface area contributed by atoms with Gasteiger partial charge < -0.3 is 0 Å². The maximum absolute atomic E-state index is 13.1. The van der Waals surface area contributed by atoms with Crippen molar-refractivity contribution in [3.63, 3.8) is 0 Å². The van der Waals surface area contributed by atoms with Crippen LogP contribution in [0.3, 0.4) is 0 Å². The molecule has 4 aromatic rings. The summed E-state index contributed by atoms with van der Waals surface area (Å²) in [5.41, 5.74) is 2.18. The molecular formula is C18H12N2O4S2. The smallest absolute Gasteiger partial charge is 0.258 e. The molecule has 0 saturated heterocycles. The van der Waals surface area contributed by atoms with Crippen LogP contribution in [0.1, 0.15) is 0 Å². The van der Waals surface area contributed by atoms with Crippen molar-refractivity contribution in [1.29, 1.82) is 0 Å². The summed E-state index contributed by atoms with van der Waals surface area (Å²) in [5.74, 6) is 0. The van der Waals surface area contributed by atoms with Crippen molar-refractivity contribution in [3.8, 4) is 11.1 Å². The lowest BCUT2D eigenvalue weighted by molar-refractivity contribution is -0.384. The van der Waals surface area contributed by atoms with E-state index in [9.17, 15) is 18.5 Å². The molecule has 0 saturated carbocycles. The van der Waals surface area contributed by atoms with Gasteiger partial charge in [0.15, 0.2) is 0 Å². The third kappa shape index (κ3) is 2.59. The van der Waals surface area contributed by atoms with Gasteiger partial charge in [-0.1, -0.05) is 18.2 Å². The molecule has 0 spiro atoms. The Labute approximate surface area is 153 Å². The molecule has 0 bridgehead atoms. The second-order valence-corrected chi connectivity index (χ2v) is 8.22. The van der Waals surface area contributed by atoms with Crippen molar-refractivity contribution in [2.75, 3.05) is 0 Å². The Morgan fingerprint density at radius 2 is 1.73 bits per heavy atom. The van der Waals surface area contributed by atoms with Gasteiger partial charge in [-0.3, -0.25) is 10.1 Å². The number of rotatable bonds is 4. The third-order valence-corrected chi connectivity index (χ3v) is 6.49. The predicted molar refractivity (Wildman–Crippen MR) is 101 cm³/mol. The molecule has 0 amide bonds. The Morgan fingerprint density at radius 3 is 2.38 bits per heavy atom. The Balaban J connectivity index is 1.92. The Kier molecular flexibility index (Phi) is 3.86. The largest absolute Gasteiger partial charge is 0.269 e. The normalized spacial score (nSPS) is 11.7. The quantitative estimate of drug-likeness (QED) is 0.383. The van der Waals surface area contributed by atoms with Crippen LogP contribution in [-0.2, 0) is 10.0 Å². The molecule has 0 radical (unpaired) electrons. The van der Waals surface area contributed by atoms with E-state index < -0.39 is 14.9 Å². The summed E-state index contributed by atoms with van der Waals surface area (Å²) in [6.45, 7) is 0.